The minimum absolute atomic E-state index is 0.0882. The first kappa shape index (κ1) is 13.9. The van der Waals surface area contributed by atoms with Gasteiger partial charge in [0, 0.05) is 48.1 Å². The van der Waals surface area contributed by atoms with Gasteiger partial charge in [0.15, 0.2) is 0 Å². The standard InChI is InChI=1S/C14H16Cl2N4/c15-10-1-2-11(12(16)7-10)13(8-17)20-6-5-19-4-3-18-14(19)9-20/h1-4,7,13H,5-6,8-9,17H2. The van der Waals surface area contributed by atoms with Crippen LogP contribution in [0.2, 0.25) is 10.0 Å². The van der Waals surface area contributed by atoms with Crippen molar-refractivity contribution in [1.82, 2.24) is 14.5 Å². The fourth-order valence-corrected chi connectivity index (χ4v) is 3.24. The summed E-state index contributed by atoms with van der Waals surface area (Å²) in [6.45, 7) is 3.16. The van der Waals surface area contributed by atoms with E-state index in [2.05, 4.69) is 14.5 Å². The number of aromatic nitrogens is 2. The monoisotopic (exact) mass is 310 g/mol. The molecule has 2 aromatic rings. The number of rotatable bonds is 3. The molecule has 2 heterocycles. The van der Waals surface area contributed by atoms with E-state index >= 15 is 0 Å². The Morgan fingerprint density at radius 3 is 2.90 bits per heavy atom. The lowest BCUT2D eigenvalue weighted by atomic mass is 10.0. The summed E-state index contributed by atoms with van der Waals surface area (Å²) in [6.07, 6.45) is 3.85. The quantitative estimate of drug-likeness (QED) is 0.948. The highest BCUT2D eigenvalue weighted by atomic mass is 35.5. The molecule has 0 radical (unpaired) electrons. The summed E-state index contributed by atoms with van der Waals surface area (Å²) < 4.78 is 2.17. The highest BCUT2D eigenvalue weighted by molar-refractivity contribution is 6.35. The van der Waals surface area contributed by atoms with Crippen LogP contribution in [-0.4, -0.2) is 27.5 Å². The van der Waals surface area contributed by atoms with E-state index in [1.807, 2.05) is 24.5 Å². The topological polar surface area (TPSA) is 47.1 Å². The Hall–Kier alpha value is -1.07. The zero-order chi connectivity index (χ0) is 14.1. The molecule has 0 saturated heterocycles. The minimum atomic E-state index is 0.0882. The summed E-state index contributed by atoms with van der Waals surface area (Å²) in [4.78, 5) is 6.70. The third-order valence-corrected chi connectivity index (χ3v) is 4.32. The Morgan fingerprint density at radius 2 is 2.15 bits per heavy atom. The maximum atomic E-state index is 6.31. The van der Waals surface area contributed by atoms with Gasteiger partial charge < -0.3 is 10.3 Å². The van der Waals surface area contributed by atoms with Crippen LogP contribution in [0.3, 0.4) is 0 Å². The van der Waals surface area contributed by atoms with Gasteiger partial charge in [-0.15, -0.1) is 0 Å². The van der Waals surface area contributed by atoms with Crippen LogP contribution in [0.25, 0.3) is 0 Å². The van der Waals surface area contributed by atoms with Crippen LogP contribution < -0.4 is 5.73 Å². The van der Waals surface area contributed by atoms with Gasteiger partial charge in [-0.2, -0.15) is 0 Å². The van der Waals surface area contributed by atoms with Crippen molar-refractivity contribution in [2.45, 2.75) is 19.1 Å². The number of nitrogens with two attached hydrogens (primary N) is 1. The number of nitrogens with zero attached hydrogens (tertiary/aromatic N) is 3. The average Bonchev–Trinajstić information content (AvgIpc) is 2.89. The van der Waals surface area contributed by atoms with Crippen molar-refractivity contribution >= 4 is 23.2 Å². The first-order valence-electron chi connectivity index (χ1n) is 6.58. The fourth-order valence-electron chi connectivity index (χ4n) is 2.70. The molecular formula is C14H16Cl2N4. The highest BCUT2D eigenvalue weighted by Crippen LogP contribution is 2.31. The molecule has 1 aromatic carbocycles. The molecule has 1 aromatic heterocycles. The molecule has 3 rings (SSSR count). The summed E-state index contributed by atoms with van der Waals surface area (Å²) >= 11 is 12.3. The van der Waals surface area contributed by atoms with Gasteiger partial charge in [-0.1, -0.05) is 29.3 Å². The lowest BCUT2D eigenvalue weighted by Gasteiger charge is -2.34. The van der Waals surface area contributed by atoms with Gasteiger partial charge in [0.25, 0.3) is 0 Å². The van der Waals surface area contributed by atoms with Crippen molar-refractivity contribution in [2.75, 3.05) is 13.1 Å². The molecule has 0 bridgehead atoms. The highest BCUT2D eigenvalue weighted by Gasteiger charge is 2.25. The van der Waals surface area contributed by atoms with Crippen molar-refractivity contribution < 1.29 is 0 Å². The molecule has 0 spiro atoms. The maximum Gasteiger partial charge on any atom is 0.122 e. The second kappa shape index (κ2) is 5.74. The SMILES string of the molecule is NCC(c1ccc(Cl)cc1Cl)N1CCn2ccnc2C1. The summed E-state index contributed by atoms with van der Waals surface area (Å²) in [5.41, 5.74) is 7.00. The van der Waals surface area contributed by atoms with E-state index in [9.17, 15) is 0 Å². The summed E-state index contributed by atoms with van der Waals surface area (Å²) in [7, 11) is 0. The van der Waals surface area contributed by atoms with Gasteiger partial charge in [0.05, 0.1) is 6.54 Å². The average molecular weight is 311 g/mol. The van der Waals surface area contributed by atoms with Gasteiger partial charge in [0.1, 0.15) is 5.82 Å². The van der Waals surface area contributed by atoms with Crippen molar-refractivity contribution in [1.29, 1.82) is 0 Å². The first-order valence-corrected chi connectivity index (χ1v) is 7.33. The Kier molecular flexibility index (Phi) is 3.98. The Morgan fingerprint density at radius 1 is 1.30 bits per heavy atom. The van der Waals surface area contributed by atoms with Gasteiger partial charge in [0.2, 0.25) is 0 Å². The number of hydrogen-bond acceptors (Lipinski definition) is 3. The van der Waals surface area contributed by atoms with Crippen molar-refractivity contribution in [2.24, 2.45) is 5.73 Å². The number of imidazole rings is 1. The lowest BCUT2D eigenvalue weighted by molar-refractivity contribution is 0.156. The molecule has 0 fully saturated rings. The molecule has 1 atom stereocenters. The van der Waals surface area contributed by atoms with Crippen LogP contribution in [-0.2, 0) is 13.1 Å². The molecule has 4 nitrogen and oxygen atoms in total. The smallest absolute Gasteiger partial charge is 0.122 e. The molecule has 6 heteroatoms. The third kappa shape index (κ3) is 2.56. The van der Waals surface area contributed by atoms with Crippen LogP contribution in [0.4, 0.5) is 0 Å². The minimum Gasteiger partial charge on any atom is -0.333 e. The zero-order valence-electron chi connectivity index (χ0n) is 11.0. The van der Waals surface area contributed by atoms with Crippen LogP contribution in [0.15, 0.2) is 30.6 Å². The van der Waals surface area contributed by atoms with Crippen LogP contribution in [0.5, 0.6) is 0 Å². The van der Waals surface area contributed by atoms with Crippen LogP contribution >= 0.6 is 23.2 Å². The maximum absolute atomic E-state index is 6.31. The van der Waals surface area contributed by atoms with Gasteiger partial charge >= 0.3 is 0 Å². The first-order chi connectivity index (χ1) is 9.69. The molecule has 1 unspecified atom stereocenters. The third-order valence-electron chi connectivity index (χ3n) is 3.76. The van der Waals surface area contributed by atoms with E-state index in [0.717, 1.165) is 31.0 Å². The molecule has 20 heavy (non-hydrogen) atoms. The fraction of sp³-hybridized carbons (Fsp3) is 0.357. The van der Waals surface area contributed by atoms with E-state index in [-0.39, 0.29) is 6.04 Å². The van der Waals surface area contributed by atoms with Gasteiger partial charge in [-0.3, -0.25) is 4.90 Å². The molecule has 0 amide bonds. The van der Waals surface area contributed by atoms with Gasteiger partial charge in [-0.05, 0) is 17.7 Å². The summed E-state index contributed by atoms with van der Waals surface area (Å²) in [6, 6.07) is 5.68. The molecule has 1 aliphatic heterocycles. The Bertz CT molecular complexity index is 611. The van der Waals surface area contributed by atoms with E-state index in [4.69, 9.17) is 28.9 Å². The predicted octanol–water partition coefficient (Wildman–Crippen LogP) is 2.71. The largest absolute Gasteiger partial charge is 0.333 e. The predicted molar refractivity (Wildman–Crippen MR) is 80.9 cm³/mol. The molecular weight excluding hydrogens is 295 g/mol. The van der Waals surface area contributed by atoms with Crippen molar-refractivity contribution in [3.63, 3.8) is 0 Å². The normalized spacial score (nSPS) is 16.9. The van der Waals surface area contributed by atoms with E-state index in [0.29, 0.717) is 16.6 Å². The van der Waals surface area contributed by atoms with Crippen molar-refractivity contribution in [3.05, 3.63) is 52.0 Å². The molecule has 106 valence electrons. The summed E-state index contributed by atoms with van der Waals surface area (Å²) in [5.74, 6) is 1.07. The number of halogens is 2. The zero-order valence-corrected chi connectivity index (χ0v) is 12.5. The molecule has 0 aliphatic carbocycles. The van der Waals surface area contributed by atoms with Crippen LogP contribution in [0, 0.1) is 0 Å². The van der Waals surface area contributed by atoms with E-state index in [1.165, 1.54) is 0 Å². The second-order valence-electron chi connectivity index (χ2n) is 4.92. The van der Waals surface area contributed by atoms with E-state index < -0.39 is 0 Å². The van der Waals surface area contributed by atoms with E-state index in [1.54, 1.807) is 6.07 Å². The Labute approximate surface area is 128 Å². The molecule has 0 saturated carbocycles. The number of fused-ring (bicyclic) bond motifs is 1. The van der Waals surface area contributed by atoms with Gasteiger partial charge in [-0.25, -0.2) is 4.98 Å². The number of hydrogen-bond donors (Lipinski definition) is 1. The second-order valence-corrected chi connectivity index (χ2v) is 5.77. The molecule has 2 N–H and O–H groups in total. The summed E-state index contributed by atoms with van der Waals surface area (Å²) in [5, 5.41) is 1.31. The lowest BCUT2D eigenvalue weighted by Crippen LogP contribution is -2.39. The Balaban J connectivity index is 1.87. The molecule has 1 aliphatic rings. The van der Waals surface area contributed by atoms with Crippen molar-refractivity contribution in [3.8, 4) is 0 Å². The number of benzene rings is 1. The van der Waals surface area contributed by atoms with Crippen LogP contribution in [0.1, 0.15) is 17.4 Å².